The Hall–Kier alpha value is -3.42. The van der Waals surface area contributed by atoms with Crippen LogP contribution in [0.15, 0.2) is 24.3 Å². The molecule has 1 aliphatic heterocycles. The number of carbonyl (C=O) groups excluding carboxylic acids is 1. The largest absolute Gasteiger partial charge is 0.378 e. The number of morpholine rings is 1. The van der Waals surface area contributed by atoms with Gasteiger partial charge in [0, 0.05) is 30.9 Å². The number of anilines is 4. The Morgan fingerprint density at radius 1 is 1.21 bits per heavy atom. The van der Waals surface area contributed by atoms with E-state index in [2.05, 4.69) is 21.7 Å². The minimum Gasteiger partial charge on any atom is -0.378 e. The smallest absolute Gasteiger partial charge is 0.252 e. The van der Waals surface area contributed by atoms with Gasteiger partial charge in [-0.05, 0) is 37.1 Å². The second-order valence-corrected chi connectivity index (χ2v) is 8.35. The number of hydrogen-bond donors (Lipinski definition) is 4. The summed E-state index contributed by atoms with van der Waals surface area (Å²) < 4.78 is 20.2. The Bertz CT molecular complexity index is 1070. The van der Waals surface area contributed by atoms with Crippen molar-refractivity contribution < 1.29 is 13.9 Å². The summed E-state index contributed by atoms with van der Waals surface area (Å²) in [6.45, 7) is 2.34. The molecule has 1 saturated heterocycles. The molecule has 4 rings (SSSR count). The number of aromatic nitrogens is 1. The number of nitrogens with two attached hydrogens (primary N) is 2. The van der Waals surface area contributed by atoms with Crippen LogP contribution in [0.4, 0.5) is 27.4 Å². The Morgan fingerprint density at radius 2 is 1.97 bits per heavy atom. The highest BCUT2D eigenvalue weighted by Crippen LogP contribution is 2.29. The fourth-order valence-corrected chi connectivity index (χ4v) is 4.29. The van der Waals surface area contributed by atoms with Crippen molar-refractivity contribution in [3.05, 3.63) is 41.2 Å². The van der Waals surface area contributed by atoms with Gasteiger partial charge in [-0.2, -0.15) is 5.26 Å². The molecular formula is C23H28FN7O2. The van der Waals surface area contributed by atoms with E-state index < -0.39 is 11.7 Å². The van der Waals surface area contributed by atoms with E-state index in [4.69, 9.17) is 16.2 Å². The van der Waals surface area contributed by atoms with Gasteiger partial charge in [-0.3, -0.25) is 4.79 Å². The fourth-order valence-electron chi connectivity index (χ4n) is 4.29. The molecule has 9 nitrogen and oxygen atoms in total. The molecule has 6 N–H and O–H groups in total. The molecule has 1 aromatic carbocycles. The van der Waals surface area contributed by atoms with E-state index >= 15 is 0 Å². The Morgan fingerprint density at radius 3 is 2.64 bits per heavy atom. The molecule has 174 valence electrons. The number of benzene rings is 1. The van der Waals surface area contributed by atoms with Gasteiger partial charge in [-0.25, -0.2) is 9.37 Å². The SMILES string of the molecule is N#Cc1cc(C(N)=O)c(Nc2ccc(N3CCOCC3)c(F)c2)nc1N[C@@H]1CCCC[C@@H]1N. The van der Waals surface area contributed by atoms with Crippen LogP contribution in [0.5, 0.6) is 0 Å². The molecule has 2 heterocycles. The quantitative estimate of drug-likeness (QED) is 0.522. The molecule has 0 spiro atoms. The minimum atomic E-state index is -0.743. The van der Waals surface area contributed by atoms with Gasteiger partial charge in [0.1, 0.15) is 23.5 Å². The Balaban J connectivity index is 1.62. The molecule has 0 bridgehead atoms. The topological polar surface area (TPSA) is 142 Å². The summed E-state index contributed by atoms with van der Waals surface area (Å²) in [6.07, 6.45) is 3.85. The average molecular weight is 454 g/mol. The average Bonchev–Trinajstić information content (AvgIpc) is 2.81. The number of nitrogens with one attached hydrogen (secondary N) is 2. The van der Waals surface area contributed by atoms with E-state index in [0.717, 1.165) is 25.7 Å². The number of nitrogens with zero attached hydrogens (tertiary/aromatic N) is 3. The van der Waals surface area contributed by atoms with Crippen LogP contribution in [-0.2, 0) is 4.74 Å². The molecule has 10 heteroatoms. The normalized spacial score (nSPS) is 20.7. The summed E-state index contributed by atoms with van der Waals surface area (Å²) in [4.78, 5) is 18.5. The number of nitriles is 1. The number of amides is 1. The second-order valence-electron chi connectivity index (χ2n) is 8.35. The molecule has 2 aliphatic rings. The lowest BCUT2D eigenvalue weighted by Gasteiger charge is -2.30. The lowest BCUT2D eigenvalue weighted by Crippen LogP contribution is -2.43. The monoisotopic (exact) mass is 453 g/mol. The van der Waals surface area contributed by atoms with Gasteiger partial charge in [0.05, 0.1) is 30.0 Å². The highest BCUT2D eigenvalue weighted by Gasteiger charge is 2.24. The van der Waals surface area contributed by atoms with Gasteiger partial charge in [0.15, 0.2) is 0 Å². The van der Waals surface area contributed by atoms with E-state index in [1.165, 1.54) is 12.1 Å². The number of ether oxygens (including phenoxy) is 1. The number of hydrogen-bond acceptors (Lipinski definition) is 8. The molecule has 1 aliphatic carbocycles. The third kappa shape index (κ3) is 5.16. The summed E-state index contributed by atoms with van der Waals surface area (Å²) in [7, 11) is 0. The van der Waals surface area contributed by atoms with Crippen LogP contribution >= 0.6 is 0 Å². The summed E-state index contributed by atoms with van der Waals surface area (Å²) in [5, 5.41) is 15.8. The number of rotatable bonds is 6. The van der Waals surface area contributed by atoms with E-state index in [1.807, 2.05) is 4.90 Å². The Kier molecular flexibility index (Phi) is 6.91. The number of pyridine rings is 1. The zero-order valence-electron chi connectivity index (χ0n) is 18.3. The predicted molar refractivity (Wildman–Crippen MR) is 124 cm³/mol. The second kappa shape index (κ2) is 10.0. The first-order valence-corrected chi connectivity index (χ1v) is 11.1. The highest BCUT2D eigenvalue weighted by molar-refractivity contribution is 5.99. The molecule has 33 heavy (non-hydrogen) atoms. The van der Waals surface area contributed by atoms with Crippen molar-refractivity contribution in [3.63, 3.8) is 0 Å². The molecular weight excluding hydrogens is 425 g/mol. The van der Waals surface area contributed by atoms with Crippen LogP contribution in [0, 0.1) is 17.1 Å². The molecule has 1 aromatic heterocycles. The summed E-state index contributed by atoms with van der Waals surface area (Å²) >= 11 is 0. The first-order chi connectivity index (χ1) is 16.0. The molecule has 0 unspecified atom stereocenters. The number of carbonyl (C=O) groups is 1. The molecule has 2 atom stereocenters. The van der Waals surface area contributed by atoms with Crippen molar-refractivity contribution in [2.24, 2.45) is 11.5 Å². The van der Waals surface area contributed by atoms with Crippen molar-refractivity contribution >= 4 is 28.9 Å². The molecule has 1 saturated carbocycles. The van der Waals surface area contributed by atoms with Crippen molar-refractivity contribution in [1.29, 1.82) is 5.26 Å². The molecule has 2 fully saturated rings. The third-order valence-corrected chi connectivity index (χ3v) is 6.11. The third-order valence-electron chi connectivity index (χ3n) is 6.11. The van der Waals surface area contributed by atoms with Crippen molar-refractivity contribution in [3.8, 4) is 6.07 Å². The molecule has 1 amide bonds. The minimum absolute atomic E-state index is 0.0316. The number of primary amides is 1. The first-order valence-electron chi connectivity index (χ1n) is 11.1. The molecule has 0 radical (unpaired) electrons. The van der Waals surface area contributed by atoms with Crippen molar-refractivity contribution in [1.82, 2.24) is 4.98 Å². The van der Waals surface area contributed by atoms with Gasteiger partial charge in [0.25, 0.3) is 5.91 Å². The van der Waals surface area contributed by atoms with Crippen LogP contribution in [0.1, 0.15) is 41.6 Å². The van der Waals surface area contributed by atoms with E-state index in [-0.39, 0.29) is 29.0 Å². The highest BCUT2D eigenvalue weighted by atomic mass is 19.1. The van der Waals surface area contributed by atoms with Gasteiger partial charge in [-0.1, -0.05) is 12.8 Å². The van der Waals surface area contributed by atoms with Crippen LogP contribution < -0.4 is 27.0 Å². The van der Waals surface area contributed by atoms with Crippen LogP contribution in [0.25, 0.3) is 0 Å². The Labute approximate surface area is 191 Å². The fraction of sp³-hybridized carbons (Fsp3) is 0.435. The maximum absolute atomic E-state index is 14.8. The number of halogens is 1. The lowest BCUT2D eigenvalue weighted by molar-refractivity contribution is 0.100. The van der Waals surface area contributed by atoms with E-state index in [1.54, 1.807) is 12.1 Å². The first kappa shape index (κ1) is 22.8. The zero-order valence-corrected chi connectivity index (χ0v) is 18.3. The standard InChI is InChI=1S/C23H28FN7O2/c24-17-12-15(5-6-20(17)31-7-9-33-10-8-31)28-23-16(21(27)32)11-14(13-25)22(30-23)29-19-4-2-1-3-18(19)26/h5-6,11-12,18-19H,1-4,7-10,26H2,(H2,27,32)(H2,28,29,30)/t18-,19+/m0/s1. The maximum atomic E-state index is 14.8. The maximum Gasteiger partial charge on any atom is 0.252 e. The van der Waals surface area contributed by atoms with Gasteiger partial charge in [-0.15, -0.1) is 0 Å². The molecule has 2 aromatic rings. The van der Waals surface area contributed by atoms with Gasteiger partial charge in [0.2, 0.25) is 0 Å². The summed E-state index contributed by atoms with van der Waals surface area (Å²) in [5.41, 5.74) is 12.9. The van der Waals surface area contributed by atoms with Crippen molar-refractivity contribution in [2.45, 2.75) is 37.8 Å². The van der Waals surface area contributed by atoms with E-state index in [9.17, 15) is 14.4 Å². The van der Waals surface area contributed by atoms with Crippen LogP contribution in [0.3, 0.4) is 0 Å². The summed E-state index contributed by atoms with van der Waals surface area (Å²) in [5.74, 6) is -0.680. The van der Waals surface area contributed by atoms with E-state index in [0.29, 0.717) is 43.5 Å². The zero-order chi connectivity index (χ0) is 23.4. The van der Waals surface area contributed by atoms with Gasteiger partial charge >= 0.3 is 0 Å². The van der Waals surface area contributed by atoms with Crippen LogP contribution in [-0.4, -0.2) is 49.3 Å². The van der Waals surface area contributed by atoms with Gasteiger partial charge < -0.3 is 31.7 Å². The van der Waals surface area contributed by atoms with Crippen molar-refractivity contribution in [2.75, 3.05) is 41.8 Å². The van der Waals surface area contributed by atoms with Crippen LogP contribution in [0.2, 0.25) is 0 Å². The lowest BCUT2D eigenvalue weighted by atomic mass is 9.91. The predicted octanol–water partition coefficient (Wildman–Crippen LogP) is 2.45. The summed E-state index contributed by atoms with van der Waals surface area (Å²) in [6, 6.07) is 8.11.